The molecule has 2 saturated carbocycles. The number of hydrogen-bond acceptors (Lipinski definition) is 6. The third-order valence-corrected chi connectivity index (χ3v) is 5.73. The monoisotopic (exact) mass is 324 g/mol. The molecule has 2 aliphatic carbocycles. The molecule has 114 valence electrons. The predicted octanol–water partition coefficient (Wildman–Crippen LogP) is 2.53. The molecule has 0 aromatic carbocycles. The van der Waals surface area contributed by atoms with E-state index < -0.39 is 0 Å². The van der Waals surface area contributed by atoms with Crippen molar-refractivity contribution in [3.05, 3.63) is 12.7 Å². The van der Waals surface area contributed by atoms with Crippen molar-refractivity contribution in [2.45, 2.75) is 36.1 Å². The lowest BCUT2D eigenvalue weighted by molar-refractivity contribution is -0.119. The molecule has 5 nitrogen and oxygen atoms in total. The van der Waals surface area contributed by atoms with E-state index >= 15 is 0 Å². The summed E-state index contributed by atoms with van der Waals surface area (Å²) < 4.78 is 0.825. The van der Waals surface area contributed by atoms with Crippen molar-refractivity contribution < 1.29 is 4.79 Å². The van der Waals surface area contributed by atoms with Gasteiger partial charge < -0.3 is 10.6 Å². The molecule has 0 atom stereocenters. The summed E-state index contributed by atoms with van der Waals surface area (Å²) in [5, 5.41) is 15.2. The highest BCUT2D eigenvalue weighted by Crippen LogP contribution is 2.44. The highest BCUT2D eigenvalue weighted by atomic mass is 32.2. The van der Waals surface area contributed by atoms with Crippen molar-refractivity contribution in [3.8, 4) is 0 Å². The average molecular weight is 324 g/mol. The zero-order chi connectivity index (χ0) is 14.7. The van der Waals surface area contributed by atoms with Crippen LogP contribution in [0.2, 0.25) is 0 Å². The van der Waals surface area contributed by atoms with E-state index in [-0.39, 0.29) is 5.91 Å². The molecule has 1 aromatic heterocycles. The number of anilines is 1. The van der Waals surface area contributed by atoms with E-state index in [0.717, 1.165) is 21.3 Å². The highest BCUT2D eigenvalue weighted by molar-refractivity contribution is 8.01. The van der Waals surface area contributed by atoms with Crippen molar-refractivity contribution >= 4 is 34.1 Å². The summed E-state index contributed by atoms with van der Waals surface area (Å²) in [6.45, 7) is 4.31. The van der Waals surface area contributed by atoms with E-state index in [1.807, 2.05) is 0 Å². The Morgan fingerprint density at radius 1 is 1.38 bits per heavy atom. The molecule has 2 fully saturated rings. The van der Waals surface area contributed by atoms with E-state index in [1.54, 1.807) is 6.08 Å². The van der Waals surface area contributed by atoms with E-state index in [9.17, 15) is 4.79 Å². The summed E-state index contributed by atoms with van der Waals surface area (Å²) in [5.74, 6) is 2.02. The molecular formula is C14H20N4OS2. The molecule has 0 bridgehead atoms. The maximum atomic E-state index is 12.1. The Bertz CT molecular complexity index is 499. The molecule has 0 spiro atoms. The topological polar surface area (TPSA) is 66.9 Å². The van der Waals surface area contributed by atoms with Gasteiger partial charge in [0, 0.05) is 12.6 Å². The van der Waals surface area contributed by atoms with Gasteiger partial charge in [0.15, 0.2) is 4.34 Å². The summed E-state index contributed by atoms with van der Waals surface area (Å²) in [4.78, 5) is 12.1. The van der Waals surface area contributed by atoms with Crippen LogP contribution in [0.3, 0.4) is 0 Å². The number of carbonyl (C=O) groups is 1. The Kier molecular flexibility index (Phi) is 4.80. The number of nitrogens with one attached hydrogen (secondary N) is 2. The van der Waals surface area contributed by atoms with Gasteiger partial charge in [0.05, 0.1) is 5.75 Å². The first-order valence-electron chi connectivity index (χ1n) is 7.36. The first-order chi connectivity index (χ1) is 10.3. The van der Waals surface area contributed by atoms with E-state index in [0.29, 0.717) is 18.3 Å². The van der Waals surface area contributed by atoms with E-state index in [2.05, 4.69) is 27.4 Å². The number of rotatable bonds is 9. The van der Waals surface area contributed by atoms with Crippen molar-refractivity contribution in [1.29, 1.82) is 0 Å². The lowest BCUT2D eigenvalue weighted by Crippen LogP contribution is -2.39. The molecule has 7 heteroatoms. The Morgan fingerprint density at radius 3 is 2.71 bits per heavy atom. The zero-order valence-corrected chi connectivity index (χ0v) is 13.5. The van der Waals surface area contributed by atoms with Gasteiger partial charge in [0.2, 0.25) is 11.0 Å². The predicted molar refractivity (Wildman–Crippen MR) is 86.7 cm³/mol. The molecule has 1 amide bonds. The van der Waals surface area contributed by atoms with Crippen molar-refractivity contribution in [2.24, 2.45) is 11.8 Å². The van der Waals surface area contributed by atoms with Gasteiger partial charge in [-0.3, -0.25) is 4.79 Å². The van der Waals surface area contributed by atoms with Crippen LogP contribution in [0.1, 0.15) is 25.7 Å². The number of nitrogens with zero attached hydrogens (tertiary/aromatic N) is 2. The van der Waals surface area contributed by atoms with Gasteiger partial charge in [-0.25, -0.2) is 0 Å². The van der Waals surface area contributed by atoms with Crippen LogP contribution in [-0.4, -0.2) is 34.4 Å². The first-order valence-corrected chi connectivity index (χ1v) is 9.17. The quantitative estimate of drug-likeness (QED) is 0.540. The fourth-order valence-electron chi connectivity index (χ4n) is 2.39. The van der Waals surface area contributed by atoms with Gasteiger partial charge >= 0.3 is 0 Å². The van der Waals surface area contributed by atoms with Crippen molar-refractivity contribution in [1.82, 2.24) is 15.5 Å². The molecule has 2 N–H and O–H groups in total. The maximum Gasteiger partial charge on any atom is 0.230 e. The molecule has 0 saturated heterocycles. The van der Waals surface area contributed by atoms with Crippen molar-refractivity contribution in [2.75, 3.05) is 17.6 Å². The highest BCUT2D eigenvalue weighted by Gasteiger charge is 2.42. The fourth-order valence-corrected chi connectivity index (χ4v) is 3.96. The van der Waals surface area contributed by atoms with Crippen LogP contribution >= 0.6 is 23.1 Å². The summed E-state index contributed by atoms with van der Waals surface area (Å²) >= 11 is 2.93. The third kappa shape index (κ3) is 4.44. The molecule has 3 rings (SSSR count). The molecule has 21 heavy (non-hydrogen) atoms. The maximum absolute atomic E-state index is 12.1. The smallest absolute Gasteiger partial charge is 0.230 e. The molecule has 2 aliphatic rings. The minimum atomic E-state index is 0.125. The summed E-state index contributed by atoms with van der Waals surface area (Å²) in [6, 6.07) is 0.428. The minimum Gasteiger partial charge on any atom is -0.357 e. The Labute approximate surface area is 133 Å². The fraction of sp³-hybridized carbons (Fsp3) is 0.643. The minimum absolute atomic E-state index is 0.125. The van der Waals surface area contributed by atoms with Crippen LogP contribution in [0.15, 0.2) is 17.0 Å². The van der Waals surface area contributed by atoms with Gasteiger partial charge in [0.25, 0.3) is 0 Å². The summed E-state index contributed by atoms with van der Waals surface area (Å²) in [6.07, 6.45) is 6.90. The summed E-state index contributed by atoms with van der Waals surface area (Å²) in [5.41, 5.74) is 0. The van der Waals surface area contributed by atoms with Crippen LogP contribution in [0, 0.1) is 11.8 Å². The molecule has 0 unspecified atom stereocenters. The lowest BCUT2D eigenvalue weighted by Gasteiger charge is -2.17. The van der Waals surface area contributed by atoms with Gasteiger partial charge in [-0.15, -0.1) is 16.8 Å². The second-order valence-corrected chi connectivity index (χ2v) is 7.80. The van der Waals surface area contributed by atoms with Crippen LogP contribution in [0.25, 0.3) is 0 Å². The SMILES string of the molecule is C=CCNc1nnc(SCC(=O)NC(C2CC2)C2CC2)s1. The van der Waals surface area contributed by atoms with E-state index in [1.165, 1.54) is 48.8 Å². The second kappa shape index (κ2) is 6.79. The molecule has 1 aromatic rings. The van der Waals surface area contributed by atoms with Gasteiger partial charge in [-0.2, -0.15) is 0 Å². The standard InChI is InChI=1S/C14H20N4OS2/c1-2-7-15-13-17-18-14(21-13)20-8-11(19)16-12(9-3-4-9)10-5-6-10/h2,9-10,12H,1,3-8H2,(H,15,17)(H,16,19). The number of aromatic nitrogens is 2. The lowest BCUT2D eigenvalue weighted by atomic mass is 10.1. The Hall–Kier alpha value is -1.08. The summed E-state index contributed by atoms with van der Waals surface area (Å²) in [7, 11) is 0. The average Bonchev–Trinajstić information content (AvgIpc) is 3.39. The first kappa shape index (κ1) is 14.8. The normalized spacial score (nSPS) is 17.8. The van der Waals surface area contributed by atoms with Crippen LogP contribution in [-0.2, 0) is 4.79 Å². The molecule has 0 radical (unpaired) electrons. The largest absolute Gasteiger partial charge is 0.357 e. The molecule has 0 aliphatic heterocycles. The van der Waals surface area contributed by atoms with Crippen LogP contribution in [0.5, 0.6) is 0 Å². The zero-order valence-electron chi connectivity index (χ0n) is 11.9. The number of thioether (sulfide) groups is 1. The van der Waals surface area contributed by atoms with Gasteiger partial charge in [-0.05, 0) is 37.5 Å². The van der Waals surface area contributed by atoms with Crippen LogP contribution < -0.4 is 10.6 Å². The van der Waals surface area contributed by atoms with Crippen LogP contribution in [0.4, 0.5) is 5.13 Å². The Morgan fingerprint density at radius 2 is 2.10 bits per heavy atom. The third-order valence-electron chi connectivity index (χ3n) is 3.72. The van der Waals surface area contributed by atoms with Gasteiger partial charge in [-0.1, -0.05) is 29.2 Å². The Balaban J connectivity index is 1.42. The van der Waals surface area contributed by atoms with Gasteiger partial charge in [0.1, 0.15) is 0 Å². The second-order valence-electron chi connectivity index (χ2n) is 5.60. The van der Waals surface area contributed by atoms with E-state index in [4.69, 9.17) is 0 Å². The molecular weight excluding hydrogens is 304 g/mol. The van der Waals surface area contributed by atoms with Crippen molar-refractivity contribution in [3.63, 3.8) is 0 Å². The number of hydrogen-bond donors (Lipinski definition) is 2. The molecule has 1 heterocycles. The number of carbonyl (C=O) groups excluding carboxylic acids is 1. The number of amides is 1.